The number of hydrogen-bond acceptors (Lipinski definition) is 1. The minimum atomic E-state index is -1.53. The van der Waals surface area contributed by atoms with Crippen LogP contribution < -0.4 is 10.1 Å². The molecule has 0 aliphatic carbocycles. The van der Waals surface area contributed by atoms with E-state index >= 15 is 0 Å². The number of hydrogen-bond donors (Lipinski definition) is 0. The second-order valence-corrected chi connectivity index (χ2v) is 22.3. The molecule has 0 aliphatic rings. The molecule has 1 nitrogen and oxygen atoms in total. The van der Waals surface area contributed by atoms with Crippen LogP contribution in [0.2, 0.25) is 19.6 Å². The highest BCUT2D eigenvalue weighted by atomic mass is 28.3. The van der Waals surface area contributed by atoms with Gasteiger partial charge in [0.15, 0.2) is 0 Å². The van der Waals surface area contributed by atoms with Gasteiger partial charge in [0, 0.05) is 16.8 Å². The van der Waals surface area contributed by atoms with Crippen LogP contribution in [0.4, 0.5) is 17.1 Å². The van der Waals surface area contributed by atoms with Gasteiger partial charge in [0.25, 0.3) is 0 Å². The van der Waals surface area contributed by atoms with Gasteiger partial charge in [-0.25, -0.2) is 0 Å². The van der Waals surface area contributed by atoms with Crippen LogP contribution in [0.25, 0.3) is 87.2 Å². The van der Waals surface area contributed by atoms with Crippen LogP contribution in [0.15, 0.2) is 218 Å². The lowest BCUT2D eigenvalue weighted by molar-refractivity contribution is 1.31. The number of nitrogens with zero attached hydrogens (tertiary/aromatic N) is 1. The van der Waals surface area contributed by atoms with Crippen molar-refractivity contribution >= 4 is 84.2 Å². The molecule has 0 bridgehead atoms. The summed E-state index contributed by atoms with van der Waals surface area (Å²) in [6.45, 7) is 7.27. The van der Waals surface area contributed by atoms with E-state index in [0.717, 1.165) is 11.4 Å². The minimum absolute atomic E-state index is 1.13. The van der Waals surface area contributed by atoms with E-state index in [1.807, 2.05) is 0 Å². The van der Waals surface area contributed by atoms with Gasteiger partial charge in [0.2, 0.25) is 0 Å². The summed E-state index contributed by atoms with van der Waals surface area (Å²) in [7, 11) is -1.53. The Bertz CT molecular complexity index is 3420. The Hall–Kier alpha value is -7.26. The second kappa shape index (κ2) is 14.8. The van der Waals surface area contributed by atoms with Crippen molar-refractivity contribution in [3.8, 4) is 33.4 Å². The molecule has 0 atom stereocenters. The van der Waals surface area contributed by atoms with Crippen molar-refractivity contribution in [2.24, 2.45) is 0 Å². The molecular weight excluding hydrogens is 751 g/mol. The van der Waals surface area contributed by atoms with Gasteiger partial charge < -0.3 is 4.90 Å². The first-order valence-electron chi connectivity index (χ1n) is 21.3. The van der Waals surface area contributed by atoms with Gasteiger partial charge in [-0.1, -0.05) is 207 Å². The quantitative estimate of drug-likeness (QED) is 0.115. The minimum Gasteiger partial charge on any atom is -0.310 e. The zero-order chi connectivity index (χ0) is 41.1. The Morgan fingerprint density at radius 1 is 0.328 bits per heavy atom. The summed E-state index contributed by atoms with van der Waals surface area (Å²) in [5.74, 6) is 0. The van der Waals surface area contributed by atoms with E-state index in [2.05, 4.69) is 243 Å². The summed E-state index contributed by atoms with van der Waals surface area (Å²) in [4.78, 5) is 2.50. The predicted octanol–water partition coefficient (Wildman–Crippen LogP) is 16.5. The molecule has 11 aromatic rings. The largest absolute Gasteiger partial charge is 0.310 e. The van der Waals surface area contributed by atoms with Crippen LogP contribution in [-0.4, -0.2) is 8.07 Å². The fourth-order valence-electron chi connectivity index (χ4n) is 9.63. The third-order valence-electron chi connectivity index (χ3n) is 12.6. The number of fused-ring (bicyclic) bond motifs is 9. The van der Waals surface area contributed by atoms with Crippen LogP contribution in [-0.2, 0) is 0 Å². The van der Waals surface area contributed by atoms with E-state index in [1.165, 1.54) is 98.1 Å². The molecule has 0 unspecified atom stereocenters. The molecule has 290 valence electrons. The van der Waals surface area contributed by atoms with Gasteiger partial charge in [-0.2, -0.15) is 0 Å². The highest BCUT2D eigenvalue weighted by molar-refractivity contribution is 6.88. The first-order chi connectivity index (χ1) is 29.9. The SMILES string of the molecule is C[Si](C)(C)c1ccc(N(c2ccc3c(c2)c2ccccc2c2c(-c4ccccc4)cc(-c4ccccc4)c(-c4ccccc4)c32)c2cc3ccccc3c3ccccc23)cc1. The van der Waals surface area contributed by atoms with Gasteiger partial charge in [-0.05, 0) is 118 Å². The maximum atomic E-state index is 2.50. The Labute approximate surface area is 358 Å². The average Bonchev–Trinajstić information content (AvgIpc) is 3.32. The lowest BCUT2D eigenvalue weighted by Gasteiger charge is -2.29. The molecule has 0 aliphatic heterocycles. The average molecular weight is 796 g/mol. The third-order valence-corrected chi connectivity index (χ3v) is 14.6. The van der Waals surface area contributed by atoms with Gasteiger partial charge in [-0.15, -0.1) is 0 Å². The molecule has 2 heteroatoms. The molecule has 0 aromatic heterocycles. The first kappa shape index (κ1) is 36.8. The van der Waals surface area contributed by atoms with Gasteiger partial charge >= 0.3 is 0 Å². The third kappa shape index (κ3) is 6.30. The fourth-order valence-corrected chi connectivity index (χ4v) is 10.8. The van der Waals surface area contributed by atoms with Crippen molar-refractivity contribution in [3.63, 3.8) is 0 Å². The van der Waals surface area contributed by atoms with Crippen LogP contribution in [0, 0.1) is 0 Å². The highest BCUT2D eigenvalue weighted by Crippen LogP contribution is 2.50. The molecule has 0 heterocycles. The van der Waals surface area contributed by atoms with Crippen LogP contribution in [0.1, 0.15) is 0 Å². The van der Waals surface area contributed by atoms with E-state index < -0.39 is 8.07 Å². The Kier molecular flexibility index (Phi) is 8.91. The number of benzene rings is 11. The summed E-state index contributed by atoms with van der Waals surface area (Å²) in [6, 6.07) is 81.1. The van der Waals surface area contributed by atoms with Crippen molar-refractivity contribution < 1.29 is 0 Å². The van der Waals surface area contributed by atoms with E-state index in [9.17, 15) is 0 Å². The Morgan fingerprint density at radius 3 is 1.46 bits per heavy atom. The summed E-state index contributed by atoms with van der Waals surface area (Å²) in [6.07, 6.45) is 0. The standard InChI is InChI=1S/C59H45NSi/c1-61(2,3)46-34-31-44(32-35-46)60(56-37-43-25-13-14-26-47(43)48-27-15-17-29-50(48)56)45-33-36-52-55(38-45)49-28-16-18-30-51(49)58-54(41-21-9-5-10-22-41)39-53(40-19-7-4-8-20-40)57(59(52)58)42-23-11-6-12-24-42/h4-39H,1-3H3. The molecule has 11 rings (SSSR count). The fraction of sp³-hybridized carbons (Fsp3) is 0.0508. The van der Waals surface area contributed by atoms with E-state index in [1.54, 1.807) is 0 Å². The molecule has 0 amide bonds. The van der Waals surface area contributed by atoms with Crippen LogP contribution >= 0.6 is 0 Å². The van der Waals surface area contributed by atoms with Crippen LogP contribution in [0.5, 0.6) is 0 Å². The summed E-state index contributed by atoms with van der Waals surface area (Å²) >= 11 is 0. The van der Waals surface area contributed by atoms with E-state index in [-0.39, 0.29) is 0 Å². The molecular formula is C59H45NSi. The second-order valence-electron chi connectivity index (χ2n) is 17.3. The van der Waals surface area contributed by atoms with Crippen molar-refractivity contribution in [2.45, 2.75) is 19.6 Å². The number of anilines is 3. The van der Waals surface area contributed by atoms with Gasteiger partial charge in [0.1, 0.15) is 0 Å². The molecule has 11 aromatic carbocycles. The molecule has 0 fully saturated rings. The molecule has 0 radical (unpaired) electrons. The Morgan fingerprint density at radius 2 is 0.820 bits per heavy atom. The maximum Gasteiger partial charge on any atom is 0.0775 e. The smallest absolute Gasteiger partial charge is 0.0775 e. The van der Waals surface area contributed by atoms with Crippen molar-refractivity contribution in [1.82, 2.24) is 0 Å². The molecule has 61 heavy (non-hydrogen) atoms. The topological polar surface area (TPSA) is 3.24 Å². The number of rotatable bonds is 7. The summed E-state index contributed by atoms with van der Waals surface area (Å²) in [5.41, 5.74) is 10.8. The van der Waals surface area contributed by atoms with Gasteiger partial charge in [0.05, 0.1) is 13.8 Å². The highest BCUT2D eigenvalue weighted by Gasteiger charge is 2.24. The van der Waals surface area contributed by atoms with Crippen molar-refractivity contribution in [1.29, 1.82) is 0 Å². The van der Waals surface area contributed by atoms with Gasteiger partial charge in [-0.3, -0.25) is 0 Å². The summed E-state index contributed by atoms with van der Waals surface area (Å²) < 4.78 is 0. The molecule has 0 N–H and O–H groups in total. The Balaban J connectivity index is 1.28. The van der Waals surface area contributed by atoms with E-state index in [4.69, 9.17) is 0 Å². The van der Waals surface area contributed by atoms with Crippen molar-refractivity contribution in [3.05, 3.63) is 218 Å². The van der Waals surface area contributed by atoms with Crippen molar-refractivity contribution in [2.75, 3.05) is 4.90 Å². The predicted molar refractivity (Wildman–Crippen MR) is 268 cm³/mol. The first-order valence-corrected chi connectivity index (χ1v) is 24.8. The zero-order valence-electron chi connectivity index (χ0n) is 34.7. The lowest BCUT2D eigenvalue weighted by Crippen LogP contribution is -2.37. The molecule has 0 spiro atoms. The zero-order valence-corrected chi connectivity index (χ0v) is 35.7. The normalized spacial score (nSPS) is 11.9. The lowest BCUT2D eigenvalue weighted by atomic mass is 9.81. The maximum absolute atomic E-state index is 2.50. The molecule has 0 saturated carbocycles. The summed E-state index contributed by atoms with van der Waals surface area (Å²) in [5, 5.41) is 13.9. The van der Waals surface area contributed by atoms with E-state index in [0.29, 0.717) is 0 Å². The van der Waals surface area contributed by atoms with Crippen LogP contribution in [0.3, 0.4) is 0 Å². The monoisotopic (exact) mass is 795 g/mol. The molecule has 0 saturated heterocycles.